The zero-order valence-electron chi connectivity index (χ0n) is 11.0. The van der Waals surface area contributed by atoms with E-state index in [0.29, 0.717) is 11.3 Å². The molecule has 0 spiro atoms. The molecule has 2 aromatic heterocycles. The molecule has 0 radical (unpaired) electrons. The van der Waals surface area contributed by atoms with Gasteiger partial charge in [-0.2, -0.15) is 11.8 Å². The van der Waals surface area contributed by atoms with Gasteiger partial charge in [-0.15, -0.1) is 0 Å². The van der Waals surface area contributed by atoms with Crippen molar-refractivity contribution in [2.75, 3.05) is 12.0 Å². The zero-order chi connectivity index (χ0) is 13.2. The highest BCUT2D eigenvalue weighted by molar-refractivity contribution is 7.99. The van der Waals surface area contributed by atoms with Crippen LogP contribution in [0, 0.1) is 0 Å². The van der Waals surface area contributed by atoms with E-state index in [1.165, 1.54) is 19.3 Å². The summed E-state index contributed by atoms with van der Waals surface area (Å²) in [5.41, 5.74) is 8.88. The van der Waals surface area contributed by atoms with Crippen LogP contribution in [0.4, 0.5) is 5.69 Å². The lowest BCUT2D eigenvalue weighted by atomic mass is 10.1. The van der Waals surface area contributed by atoms with Crippen LogP contribution in [-0.2, 0) is 0 Å². The molecule has 0 amide bonds. The summed E-state index contributed by atoms with van der Waals surface area (Å²) >= 11 is 1.95. The number of pyridine rings is 1. The van der Waals surface area contributed by atoms with Crippen LogP contribution in [0.3, 0.4) is 0 Å². The Bertz CT molecular complexity index is 566. The maximum Gasteiger partial charge on any atom is 0.0953 e. The van der Waals surface area contributed by atoms with E-state index in [9.17, 15) is 0 Å². The summed E-state index contributed by atoms with van der Waals surface area (Å²) in [7, 11) is 0. The highest BCUT2D eigenvalue weighted by Gasteiger charge is 2.29. The maximum absolute atomic E-state index is 6.06. The van der Waals surface area contributed by atoms with Crippen molar-refractivity contribution in [2.45, 2.75) is 30.6 Å². The molecule has 2 aromatic rings. The minimum atomic E-state index is 0.520. The van der Waals surface area contributed by atoms with Crippen LogP contribution in [0.2, 0.25) is 0 Å². The molecule has 0 saturated heterocycles. The number of thioether (sulfide) groups is 1. The van der Waals surface area contributed by atoms with E-state index in [2.05, 4.69) is 20.8 Å². The largest absolute Gasteiger partial charge is 0.398 e. The number of aromatic nitrogens is 3. The van der Waals surface area contributed by atoms with E-state index >= 15 is 0 Å². The standard InChI is InChI=1S/C14H18N4S/c1-19-14-4-2-3-12(14)18-9-17-8-13(18)10-7-16-6-5-11(10)15/h5-9,12,14H,2-4H2,1H3,(H2,15,16). The number of hydrogen-bond donors (Lipinski definition) is 1. The molecule has 0 bridgehead atoms. The topological polar surface area (TPSA) is 56.7 Å². The molecule has 1 saturated carbocycles. The van der Waals surface area contributed by atoms with Gasteiger partial charge in [0, 0.05) is 34.9 Å². The second-order valence-electron chi connectivity index (χ2n) is 4.92. The first-order chi connectivity index (χ1) is 9.31. The van der Waals surface area contributed by atoms with Crippen molar-refractivity contribution >= 4 is 17.4 Å². The van der Waals surface area contributed by atoms with Gasteiger partial charge in [0.1, 0.15) is 0 Å². The van der Waals surface area contributed by atoms with Crippen LogP contribution in [-0.4, -0.2) is 26.0 Å². The fourth-order valence-corrected chi connectivity index (χ4v) is 3.88. The fraction of sp³-hybridized carbons (Fsp3) is 0.429. The van der Waals surface area contributed by atoms with Crippen LogP contribution in [0.5, 0.6) is 0 Å². The molecule has 2 unspecified atom stereocenters. The second kappa shape index (κ2) is 5.25. The molecule has 2 N–H and O–H groups in total. The van der Waals surface area contributed by atoms with Gasteiger partial charge in [-0.3, -0.25) is 4.98 Å². The van der Waals surface area contributed by atoms with E-state index in [4.69, 9.17) is 5.73 Å². The molecule has 0 aromatic carbocycles. The van der Waals surface area contributed by atoms with Crippen molar-refractivity contribution in [3.63, 3.8) is 0 Å². The van der Waals surface area contributed by atoms with Gasteiger partial charge in [-0.05, 0) is 25.2 Å². The van der Waals surface area contributed by atoms with E-state index in [0.717, 1.165) is 16.9 Å². The molecule has 0 aliphatic heterocycles. The lowest BCUT2D eigenvalue weighted by molar-refractivity contribution is 0.533. The van der Waals surface area contributed by atoms with Crippen molar-refractivity contribution < 1.29 is 0 Å². The summed E-state index contributed by atoms with van der Waals surface area (Å²) in [6, 6.07) is 2.36. The maximum atomic E-state index is 6.06. The monoisotopic (exact) mass is 274 g/mol. The molecule has 2 heterocycles. The Morgan fingerprint density at radius 1 is 1.32 bits per heavy atom. The first-order valence-electron chi connectivity index (χ1n) is 6.55. The minimum absolute atomic E-state index is 0.520. The number of hydrogen-bond acceptors (Lipinski definition) is 4. The van der Waals surface area contributed by atoms with Crippen molar-refractivity contribution in [3.05, 3.63) is 31.0 Å². The number of anilines is 1. The molecule has 4 nitrogen and oxygen atoms in total. The molecule has 3 rings (SSSR count). The lowest BCUT2D eigenvalue weighted by Gasteiger charge is -2.21. The summed E-state index contributed by atoms with van der Waals surface area (Å²) in [6.07, 6.45) is 13.4. The predicted molar refractivity (Wildman–Crippen MR) is 80.1 cm³/mol. The fourth-order valence-electron chi connectivity index (χ4n) is 2.90. The third-order valence-electron chi connectivity index (χ3n) is 3.87. The normalized spacial score (nSPS) is 22.8. The minimum Gasteiger partial charge on any atom is -0.398 e. The van der Waals surface area contributed by atoms with Gasteiger partial charge in [-0.1, -0.05) is 6.42 Å². The van der Waals surface area contributed by atoms with Crippen LogP contribution >= 0.6 is 11.8 Å². The number of rotatable bonds is 3. The van der Waals surface area contributed by atoms with E-state index in [-0.39, 0.29) is 0 Å². The number of nitrogens with two attached hydrogens (primary N) is 1. The summed E-state index contributed by atoms with van der Waals surface area (Å²) in [4.78, 5) is 8.51. The van der Waals surface area contributed by atoms with Gasteiger partial charge in [0.2, 0.25) is 0 Å². The Morgan fingerprint density at radius 2 is 2.21 bits per heavy atom. The van der Waals surface area contributed by atoms with Crippen molar-refractivity contribution in [1.29, 1.82) is 0 Å². The smallest absolute Gasteiger partial charge is 0.0953 e. The number of imidazole rings is 1. The van der Waals surface area contributed by atoms with Gasteiger partial charge in [0.05, 0.1) is 18.2 Å². The molecule has 1 aliphatic rings. The van der Waals surface area contributed by atoms with Crippen molar-refractivity contribution in [3.8, 4) is 11.3 Å². The Hall–Kier alpha value is -1.49. The molecule has 1 fully saturated rings. The predicted octanol–water partition coefficient (Wildman–Crippen LogP) is 2.98. The molecular weight excluding hydrogens is 256 g/mol. The van der Waals surface area contributed by atoms with Gasteiger partial charge in [0.15, 0.2) is 0 Å². The van der Waals surface area contributed by atoms with E-state index < -0.39 is 0 Å². The Balaban J connectivity index is 2.01. The average Bonchev–Trinajstić information content (AvgIpc) is 3.07. The Morgan fingerprint density at radius 3 is 3.00 bits per heavy atom. The average molecular weight is 274 g/mol. The first-order valence-corrected chi connectivity index (χ1v) is 7.84. The van der Waals surface area contributed by atoms with Gasteiger partial charge in [0.25, 0.3) is 0 Å². The summed E-state index contributed by atoms with van der Waals surface area (Å²) < 4.78 is 2.28. The second-order valence-corrected chi connectivity index (χ2v) is 6.00. The summed E-state index contributed by atoms with van der Waals surface area (Å²) in [5.74, 6) is 0. The zero-order valence-corrected chi connectivity index (χ0v) is 11.8. The highest BCUT2D eigenvalue weighted by atomic mass is 32.2. The molecular formula is C14H18N4S. The summed E-state index contributed by atoms with van der Waals surface area (Å²) in [6.45, 7) is 0. The van der Waals surface area contributed by atoms with Gasteiger partial charge in [-0.25, -0.2) is 4.98 Å². The third-order valence-corrected chi connectivity index (χ3v) is 5.03. The van der Waals surface area contributed by atoms with Crippen molar-refractivity contribution in [2.24, 2.45) is 0 Å². The van der Waals surface area contributed by atoms with E-state index in [1.54, 1.807) is 6.20 Å². The third kappa shape index (κ3) is 2.23. The van der Waals surface area contributed by atoms with Crippen LogP contribution in [0.15, 0.2) is 31.0 Å². The van der Waals surface area contributed by atoms with Gasteiger partial charge >= 0.3 is 0 Å². The Kier molecular flexibility index (Phi) is 3.46. The van der Waals surface area contributed by atoms with Crippen LogP contribution in [0.1, 0.15) is 25.3 Å². The van der Waals surface area contributed by atoms with E-state index in [1.807, 2.05) is 36.5 Å². The number of nitrogen functional groups attached to an aromatic ring is 1. The molecule has 100 valence electrons. The van der Waals surface area contributed by atoms with Crippen molar-refractivity contribution in [1.82, 2.24) is 14.5 Å². The van der Waals surface area contributed by atoms with Crippen LogP contribution < -0.4 is 5.73 Å². The molecule has 19 heavy (non-hydrogen) atoms. The molecule has 1 aliphatic carbocycles. The van der Waals surface area contributed by atoms with Crippen LogP contribution in [0.25, 0.3) is 11.3 Å². The first kappa shape index (κ1) is 12.5. The summed E-state index contributed by atoms with van der Waals surface area (Å²) in [5, 5.41) is 0.672. The highest BCUT2D eigenvalue weighted by Crippen LogP contribution is 2.40. The Labute approximate surface area is 117 Å². The lowest BCUT2D eigenvalue weighted by Crippen LogP contribution is -2.16. The van der Waals surface area contributed by atoms with Gasteiger partial charge < -0.3 is 10.3 Å². The quantitative estimate of drug-likeness (QED) is 0.935. The SMILES string of the molecule is CSC1CCCC1n1cncc1-c1cnccc1N. The number of nitrogens with zero attached hydrogens (tertiary/aromatic N) is 3. The molecule has 5 heteroatoms. The molecule has 2 atom stereocenters.